The predicted molar refractivity (Wildman–Crippen MR) is 188 cm³/mol. The molecule has 0 saturated heterocycles. The third-order valence-electron chi connectivity index (χ3n) is 12.7. The van der Waals surface area contributed by atoms with E-state index < -0.39 is 93.7 Å². The second kappa shape index (κ2) is 13.4. The molecule has 0 radical (unpaired) electrons. The van der Waals surface area contributed by atoms with Gasteiger partial charge in [-0.3, -0.25) is 19.6 Å². The van der Waals surface area contributed by atoms with E-state index in [4.69, 9.17) is 18.9 Å². The molecule has 0 aliphatic heterocycles. The molecule has 4 fully saturated rings. The second-order valence-corrected chi connectivity index (χ2v) is 16.0. The lowest BCUT2D eigenvalue weighted by molar-refractivity contribution is -0.204. The van der Waals surface area contributed by atoms with Crippen molar-refractivity contribution in [3.05, 3.63) is 96.1 Å². The van der Waals surface area contributed by atoms with Crippen LogP contribution in [-0.2, 0) is 28.5 Å². The lowest BCUT2D eigenvalue weighted by atomic mass is 9.56. The Morgan fingerprint density at radius 3 is 1.98 bits per heavy atom. The van der Waals surface area contributed by atoms with Gasteiger partial charge in [0.1, 0.15) is 29.5 Å². The van der Waals surface area contributed by atoms with Crippen molar-refractivity contribution in [3.8, 4) is 0 Å². The van der Waals surface area contributed by atoms with Crippen molar-refractivity contribution in [3.63, 3.8) is 0 Å². The van der Waals surface area contributed by atoms with Crippen LogP contribution in [0.1, 0.15) is 78.5 Å². The van der Waals surface area contributed by atoms with Gasteiger partial charge in [0.05, 0.1) is 29.2 Å². The Kier molecular flexibility index (Phi) is 9.25. The first kappa shape index (κ1) is 37.3. The number of nitrogens with zero attached hydrogens (tertiary/aromatic N) is 2. The molecule has 0 amide bonds. The summed E-state index contributed by atoms with van der Waals surface area (Å²) in [6.07, 6.45) is 1.98. The highest BCUT2D eigenvalue weighted by molar-refractivity contribution is 5.97. The number of pyridine rings is 2. The van der Waals surface area contributed by atoms with Gasteiger partial charge in [0.25, 0.3) is 0 Å². The average Bonchev–Trinajstić information content (AvgIpc) is 3.64. The minimum absolute atomic E-state index is 0.107. The molecule has 2 N–H and O–H groups in total. The SMILES string of the molecule is CC(=O)OC1CC2C(C3C(C)(O)C(=O)C4(O)CC(C)C(OC(=O)c5cccnc5)C4C(OC(=O)c4ccccc4)C13C)C2(C)COC(=O)c1cccnc1. The van der Waals surface area contributed by atoms with Crippen molar-refractivity contribution >= 4 is 29.7 Å². The van der Waals surface area contributed by atoms with Crippen LogP contribution in [0, 0.1) is 40.4 Å². The van der Waals surface area contributed by atoms with E-state index in [1.165, 1.54) is 44.7 Å². The van der Waals surface area contributed by atoms with Crippen LogP contribution in [-0.4, -0.2) is 86.0 Å². The Morgan fingerprint density at radius 1 is 0.796 bits per heavy atom. The van der Waals surface area contributed by atoms with Gasteiger partial charge in [0, 0.05) is 48.5 Å². The van der Waals surface area contributed by atoms with E-state index in [9.17, 15) is 34.2 Å². The first-order chi connectivity index (χ1) is 25.5. The second-order valence-electron chi connectivity index (χ2n) is 16.0. The van der Waals surface area contributed by atoms with E-state index in [1.807, 2.05) is 6.92 Å². The van der Waals surface area contributed by atoms with E-state index in [1.54, 1.807) is 62.4 Å². The van der Waals surface area contributed by atoms with E-state index in [2.05, 4.69) is 9.97 Å². The monoisotopic (exact) mass is 740 g/mol. The number of hydrogen-bond acceptors (Lipinski definition) is 13. The standard InChI is InChI=1S/C41H44N2O11/c1-22-18-41(50)30(31(22)53-36(47)26-14-10-16-43-20-26)33(54-35(46)24-11-7-6-8-12-24)39(4)28(52-23(2)44)17-27-29(32(39)40(5,49)37(41)48)38(27,3)21-51-34(45)25-13-9-15-42-19-25/h6-16,19-20,22,27-33,49-50H,17-18,21H2,1-5H3. The molecule has 4 aliphatic rings. The van der Waals surface area contributed by atoms with Crippen molar-refractivity contribution in [1.29, 1.82) is 0 Å². The average molecular weight is 741 g/mol. The Labute approximate surface area is 312 Å². The fourth-order valence-corrected chi connectivity index (χ4v) is 10.3. The van der Waals surface area contributed by atoms with Gasteiger partial charge < -0.3 is 29.2 Å². The minimum Gasteiger partial charge on any atom is -0.462 e. The number of aliphatic hydroxyl groups is 2. The highest BCUT2D eigenvalue weighted by Gasteiger charge is 2.82. The molecule has 2 aromatic heterocycles. The molecular weight excluding hydrogens is 696 g/mol. The summed E-state index contributed by atoms with van der Waals surface area (Å²) in [7, 11) is 0. The van der Waals surface area contributed by atoms with Gasteiger partial charge in [-0.15, -0.1) is 0 Å². The summed E-state index contributed by atoms with van der Waals surface area (Å²) in [6.45, 7) is 7.75. The van der Waals surface area contributed by atoms with Gasteiger partial charge in [-0.25, -0.2) is 14.4 Å². The molecule has 3 aromatic rings. The Balaban J connectivity index is 1.37. The highest BCUT2D eigenvalue weighted by atomic mass is 16.6. The summed E-state index contributed by atoms with van der Waals surface area (Å²) in [5.74, 6) is -7.78. The number of rotatable bonds is 8. The fraction of sp³-hybridized carbons (Fsp3) is 0.488. The zero-order chi connectivity index (χ0) is 38.8. The summed E-state index contributed by atoms with van der Waals surface area (Å²) in [5.41, 5.74) is -6.52. The Bertz CT molecular complexity index is 1960. The number of Topliss-reactive ketones (excluding diaryl/α,β-unsaturated/α-hetero) is 1. The van der Waals surface area contributed by atoms with Crippen LogP contribution in [0.3, 0.4) is 0 Å². The number of ether oxygens (including phenoxy) is 4. The quantitative estimate of drug-likeness (QED) is 0.249. The number of esters is 4. The molecule has 2 heterocycles. The van der Waals surface area contributed by atoms with Crippen LogP contribution in [0.2, 0.25) is 0 Å². The number of ketones is 1. The number of carbonyl (C=O) groups excluding carboxylic acids is 5. The fourth-order valence-electron chi connectivity index (χ4n) is 10.3. The van der Waals surface area contributed by atoms with Crippen LogP contribution < -0.4 is 0 Å². The molecule has 4 aliphatic carbocycles. The molecule has 54 heavy (non-hydrogen) atoms. The van der Waals surface area contributed by atoms with Gasteiger partial charge in [-0.2, -0.15) is 0 Å². The number of aromatic nitrogens is 2. The summed E-state index contributed by atoms with van der Waals surface area (Å²) in [6, 6.07) is 14.4. The predicted octanol–water partition coefficient (Wildman–Crippen LogP) is 4.02. The van der Waals surface area contributed by atoms with Crippen molar-refractivity contribution < 1.29 is 53.1 Å². The molecule has 12 unspecified atom stereocenters. The molecule has 284 valence electrons. The molecule has 0 bridgehead atoms. The zero-order valence-corrected chi connectivity index (χ0v) is 30.7. The van der Waals surface area contributed by atoms with E-state index in [-0.39, 0.29) is 42.1 Å². The van der Waals surface area contributed by atoms with Gasteiger partial charge in [-0.05, 0) is 73.9 Å². The highest BCUT2D eigenvalue weighted by Crippen LogP contribution is 2.76. The maximum Gasteiger partial charge on any atom is 0.339 e. The molecule has 12 atom stereocenters. The smallest absolute Gasteiger partial charge is 0.339 e. The number of hydrogen-bond donors (Lipinski definition) is 2. The third kappa shape index (κ3) is 5.88. The molecule has 13 heteroatoms. The summed E-state index contributed by atoms with van der Waals surface area (Å²) >= 11 is 0. The van der Waals surface area contributed by atoms with Gasteiger partial charge >= 0.3 is 23.9 Å². The van der Waals surface area contributed by atoms with Crippen molar-refractivity contribution in [1.82, 2.24) is 9.97 Å². The molecule has 13 nitrogen and oxygen atoms in total. The van der Waals surface area contributed by atoms with Gasteiger partial charge in [0.15, 0.2) is 5.78 Å². The number of carbonyl (C=O) groups is 5. The van der Waals surface area contributed by atoms with Crippen LogP contribution >= 0.6 is 0 Å². The van der Waals surface area contributed by atoms with E-state index >= 15 is 0 Å². The Morgan fingerprint density at radius 2 is 1.39 bits per heavy atom. The minimum atomic E-state index is -2.36. The van der Waals surface area contributed by atoms with Crippen molar-refractivity contribution in [2.45, 2.75) is 77.0 Å². The van der Waals surface area contributed by atoms with Crippen molar-refractivity contribution in [2.24, 2.45) is 40.4 Å². The van der Waals surface area contributed by atoms with Gasteiger partial charge in [0.2, 0.25) is 0 Å². The maximum atomic E-state index is 15.0. The Hall–Kier alpha value is -5.01. The number of benzene rings is 1. The lowest BCUT2D eigenvalue weighted by Gasteiger charge is -2.53. The summed E-state index contributed by atoms with van der Waals surface area (Å²) in [5, 5.41) is 25.5. The normalized spacial score (nSPS) is 37.7. The summed E-state index contributed by atoms with van der Waals surface area (Å²) in [4.78, 5) is 76.7. The molecule has 0 spiro atoms. The number of fused-ring (bicyclic) bond motifs is 4. The molecule has 1 aromatic carbocycles. The van der Waals surface area contributed by atoms with Gasteiger partial charge in [-0.1, -0.05) is 39.0 Å². The molecular formula is C41H44N2O11. The topological polar surface area (TPSA) is 189 Å². The van der Waals surface area contributed by atoms with Crippen LogP contribution in [0.15, 0.2) is 79.4 Å². The van der Waals surface area contributed by atoms with E-state index in [0.717, 1.165) is 0 Å². The lowest BCUT2D eigenvalue weighted by Crippen LogP contribution is -2.62. The largest absolute Gasteiger partial charge is 0.462 e. The molecule has 7 rings (SSSR count). The van der Waals surface area contributed by atoms with Crippen molar-refractivity contribution in [2.75, 3.05) is 6.61 Å². The first-order valence-electron chi connectivity index (χ1n) is 18.2. The van der Waals surface area contributed by atoms with E-state index in [0.29, 0.717) is 0 Å². The molecule has 4 saturated carbocycles. The third-order valence-corrected chi connectivity index (χ3v) is 12.7. The van der Waals surface area contributed by atoms with Crippen LogP contribution in [0.5, 0.6) is 0 Å². The van der Waals surface area contributed by atoms with Crippen LogP contribution in [0.4, 0.5) is 0 Å². The zero-order valence-electron chi connectivity index (χ0n) is 30.7. The summed E-state index contributed by atoms with van der Waals surface area (Å²) < 4.78 is 24.5. The maximum absolute atomic E-state index is 15.0. The van der Waals surface area contributed by atoms with Crippen LogP contribution in [0.25, 0.3) is 0 Å². The first-order valence-corrected chi connectivity index (χ1v) is 18.2.